The average molecular weight is 193 g/mol. The molecule has 12 heavy (non-hydrogen) atoms. The van der Waals surface area contributed by atoms with Crippen molar-refractivity contribution < 1.29 is 8.95 Å². The summed E-state index contributed by atoms with van der Waals surface area (Å²) in [5, 5.41) is 0. The van der Waals surface area contributed by atoms with Crippen molar-refractivity contribution in [3.63, 3.8) is 0 Å². The quantitative estimate of drug-likeness (QED) is 0.594. The molecule has 0 bridgehead atoms. The van der Waals surface area contributed by atoms with E-state index in [1.165, 1.54) is 0 Å². The van der Waals surface area contributed by atoms with Gasteiger partial charge in [-0.3, -0.25) is 4.21 Å². The SMILES string of the molecule is COCCCS(=O)CC(C)CN. The van der Waals surface area contributed by atoms with Crippen LogP contribution in [0.4, 0.5) is 0 Å². The lowest BCUT2D eigenvalue weighted by Gasteiger charge is -2.07. The minimum atomic E-state index is -0.711. The molecule has 0 saturated carbocycles. The molecule has 0 spiro atoms. The molecule has 0 aliphatic carbocycles. The molecule has 0 saturated heterocycles. The lowest BCUT2D eigenvalue weighted by molar-refractivity contribution is 0.200. The first-order valence-electron chi connectivity index (χ1n) is 4.24. The van der Waals surface area contributed by atoms with Crippen LogP contribution in [0, 0.1) is 5.92 Å². The van der Waals surface area contributed by atoms with Gasteiger partial charge in [-0.15, -0.1) is 0 Å². The Hall–Kier alpha value is 0.0700. The Labute approximate surface area is 77.1 Å². The lowest BCUT2D eigenvalue weighted by atomic mass is 10.2. The number of nitrogens with two attached hydrogens (primary N) is 1. The fourth-order valence-corrected chi connectivity index (χ4v) is 2.21. The molecular weight excluding hydrogens is 174 g/mol. The highest BCUT2D eigenvalue weighted by Crippen LogP contribution is 1.97. The Kier molecular flexibility index (Phi) is 7.75. The van der Waals surface area contributed by atoms with E-state index in [9.17, 15) is 4.21 Å². The average Bonchev–Trinajstić information content (AvgIpc) is 2.05. The summed E-state index contributed by atoms with van der Waals surface area (Å²) >= 11 is 0. The van der Waals surface area contributed by atoms with Crippen molar-refractivity contribution in [1.29, 1.82) is 0 Å². The van der Waals surface area contributed by atoms with Crippen molar-refractivity contribution in [1.82, 2.24) is 0 Å². The molecule has 4 heteroatoms. The Bertz CT molecular complexity index is 130. The molecule has 0 amide bonds. The van der Waals surface area contributed by atoms with Crippen LogP contribution < -0.4 is 5.73 Å². The molecule has 3 nitrogen and oxygen atoms in total. The maximum atomic E-state index is 11.3. The number of rotatable bonds is 7. The third kappa shape index (κ3) is 6.76. The van der Waals surface area contributed by atoms with Crippen LogP contribution >= 0.6 is 0 Å². The van der Waals surface area contributed by atoms with Gasteiger partial charge in [-0.05, 0) is 18.9 Å². The summed E-state index contributed by atoms with van der Waals surface area (Å²) in [5.74, 6) is 1.83. The molecule has 2 unspecified atom stereocenters. The van der Waals surface area contributed by atoms with E-state index in [0.29, 0.717) is 19.1 Å². The Balaban J connectivity index is 3.33. The molecule has 2 atom stereocenters. The normalized spacial score (nSPS) is 15.9. The third-order valence-corrected chi connectivity index (χ3v) is 3.28. The smallest absolute Gasteiger partial charge is 0.0471 e. The van der Waals surface area contributed by atoms with Crippen LogP contribution in [0.15, 0.2) is 0 Å². The van der Waals surface area contributed by atoms with Gasteiger partial charge in [0, 0.05) is 36.0 Å². The highest BCUT2D eigenvalue weighted by molar-refractivity contribution is 7.84. The summed E-state index contributed by atoms with van der Waals surface area (Å²) in [7, 11) is 0.947. The predicted molar refractivity (Wildman–Crippen MR) is 52.6 cm³/mol. The third-order valence-electron chi connectivity index (χ3n) is 1.59. The fourth-order valence-electron chi connectivity index (χ4n) is 0.833. The zero-order valence-corrected chi connectivity index (χ0v) is 8.73. The van der Waals surface area contributed by atoms with E-state index in [4.69, 9.17) is 10.5 Å². The van der Waals surface area contributed by atoms with Gasteiger partial charge in [0.05, 0.1) is 0 Å². The molecule has 0 aliphatic heterocycles. The minimum absolute atomic E-state index is 0.369. The molecule has 74 valence electrons. The fraction of sp³-hybridized carbons (Fsp3) is 1.00. The summed E-state index contributed by atoms with van der Waals surface area (Å²) < 4.78 is 16.2. The lowest BCUT2D eigenvalue weighted by Crippen LogP contribution is -2.19. The summed E-state index contributed by atoms with van der Waals surface area (Å²) in [4.78, 5) is 0. The zero-order valence-electron chi connectivity index (χ0n) is 7.91. The molecule has 2 N–H and O–H groups in total. The molecule has 0 fully saturated rings. The second kappa shape index (κ2) is 7.71. The van der Waals surface area contributed by atoms with Gasteiger partial charge in [-0.1, -0.05) is 6.92 Å². The van der Waals surface area contributed by atoms with E-state index >= 15 is 0 Å². The van der Waals surface area contributed by atoms with Crippen molar-refractivity contribution in [2.24, 2.45) is 11.7 Å². The molecule has 0 aliphatic rings. The van der Waals surface area contributed by atoms with Crippen LogP contribution in [0.25, 0.3) is 0 Å². The van der Waals surface area contributed by atoms with Crippen LogP contribution in [-0.4, -0.2) is 36.0 Å². The van der Waals surface area contributed by atoms with Crippen molar-refractivity contribution in [2.45, 2.75) is 13.3 Å². The van der Waals surface area contributed by atoms with Crippen LogP contribution in [0.1, 0.15) is 13.3 Å². The zero-order chi connectivity index (χ0) is 9.40. The number of methoxy groups -OCH3 is 1. The van der Waals surface area contributed by atoms with Crippen molar-refractivity contribution in [3.05, 3.63) is 0 Å². The topological polar surface area (TPSA) is 52.3 Å². The summed E-state index contributed by atoms with van der Waals surface area (Å²) in [6.45, 7) is 3.34. The van der Waals surface area contributed by atoms with E-state index in [2.05, 4.69) is 0 Å². The first-order valence-corrected chi connectivity index (χ1v) is 5.73. The van der Waals surface area contributed by atoms with Crippen molar-refractivity contribution in [2.75, 3.05) is 31.8 Å². The summed E-state index contributed by atoms with van der Waals surface area (Å²) in [6.07, 6.45) is 0.875. The Morgan fingerprint density at radius 2 is 2.25 bits per heavy atom. The Morgan fingerprint density at radius 1 is 1.58 bits per heavy atom. The minimum Gasteiger partial charge on any atom is -0.385 e. The maximum Gasteiger partial charge on any atom is 0.0471 e. The van der Waals surface area contributed by atoms with E-state index in [1.54, 1.807) is 7.11 Å². The largest absolute Gasteiger partial charge is 0.385 e. The molecule has 0 aromatic carbocycles. The molecule has 0 heterocycles. The van der Waals surface area contributed by atoms with Crippen molar-refractivity contribution >= 4 is 10.8 Å². The van der Waals surface area contributed by atoms with E-state index in [-0.39, 0.29) is 0 Å². The van der Waals surface area contributed by atoms with Crippen LogP contribution in [0.2, 0.25) is 0 Å². The molecule has 0 aromatic heterocycles. The van der Waals surface area contributed by atoms with Gasteiger partial charge in [-0.2, -0.15) is 0 Å². The van der Waals surface area contributed by atoms with Gasteiger partial charge < -0.3 is 10.5 Å². The number of hydrogen-bond donors (Lipinski definition) is 1. The van der Waals surface area contributed by atoms with Gasteiger partial charge in [0.15, 0.2) is 0 Å². The van der Waals surface area contributed by atoms with Gasteiger partial charge in [-0.25, -0.2) is 0 Å². The first-order chi connectivity index (χ1) is 5.70. The van der Waals surface area contributed by atoms with Crippen LogP contribution in [0.3, 0.4) is 0 Å². The highest BCUT2D eigenvalue weighted by atomic mass is 32.2. The van der Waals surface area contributed by atoms with Crippen molar-refractivity contribution in [3.8, 4) is 0 Å². The van der Waals surface area contributed by atoms with E-state index < -0.39 is 10.8 Å². The molecular formula is C8H19NO2S. The maximum absolute atomic E-state index is 11.3. The van der Waals surface area contributed by atoms with Crippen LogP contribution in [-0.2, 0) is 15.5 Å². The standard InChI is InChI=1S/C8H19NO2S/c1-8(6-9)7-12(10)5-3-4-11-2/h8H,3-7,9H2,1-2H3. The van der Waals surface area contributed by atoms with Gasteiger partial charge >= 0.3 is 0 Å². The second-order valence-electron chi connectivity index (χ2n) is 3.00. The van der Waals surface area contributed by atoms with Gasteiger partial charge in [0.25, 0.3) is 0 Å². The first kappa shape index (κ1) is 12.1. The molecule has 0 aromatic rings. The van der Waals surface area contributed by atoms with E-state index in [1.807, 2.05) is 6.92 Å². The molecule has 0 rings (SSSR count). The number of hydrogen-bond acceptors (Lipinski definition) is 3. The van der Waals surface area contributed by atoms with Gasteiger partial charge in [0.1, 0.15) is 0 Å². The van der Waals surface area contributed by atoms with Gasteiger partial charge in [0.2, 0.25) is 0 Å². The number of ether oxygens (including phenoxy) is 1. The van der Waals surface area contributed by atoms with E-state index in [0.717, 1.165) is 17.9 Å². The monoisotopic (exact) mass is 193 g/mol. The predicted octanol–water partition coefficient (Wildman–Crippen LogP) is 0.366. The highest BCUT2D eigenvalue weighted by Gasteiger charge is 2.05. The van der Waals surface area contributed by atoms with Crippen LogP contribution in [0.5, 0.6) is 0 Å². The summed E-state index contributed by atoms with van der Waals surface area (Å²) in [5.41, 5.74) is 5.42. The molecule has 0 radical (unpaired) electrons. The second-order valence-corrected chi connectivity index (χ2v) is 4.62. The Morgan fingerprint density at radius 3 is 2.75 bits per heavy atom. The summed E-state index contributed by atoms with van der Waals surface area (Å²) in [6, 6.07) is 0.